The quantitative estimate of drug-likeness (QED) is 0.274. The Morgan fingerprint density at radius 1 is 1.43 bits per heavy atom. The van der Waals surface area contributed by atoms with Crippen molar-refractivity contribution < 1.29 is 9.47 Å². The van der Waals surface area contributed by atoms with Crippen LogP contribution in [0.5, 0.6) is 0 Å². The average Bonchev–Trinajstić information content (AvgIpc) is 3.12. The molecule has 6 nitrogen and oxygen atoms in total. The molecule has 1 fully saturated rings. The molecule has 4 unspecified atom stereocenters. The summed E-state index contributed by atoms with van der Waals surface area (Å²) in [4.78, 5) is 15.4. The summed E-state index contributed by atoms with van der Waals surface area (Å²) in [5, 5.41) is 0. The summed E-state index contributed by atoms with van der Waals surface area (Å²) < 4.78 is 11.4. The van der Waals surface area contributed by atoms with E-state index in [0.717, 1.165) is 51.4 Å². The number of hydrogen-bond acceptors (Lipinski definition) is 6. The van der Waals surface area contributed by atoms with E-state index >= 15 is 0 Å². The van der Waals surface area contributed by atoms with Gasteiger partial charge >= 0.3 is 0 Å². The third kappa shape index (κ3) is 4.99. The minimum Gasteiger partial charge on any atom is -0.369 e. The molecule has 2 heterocycles. The van der Waals surface area contributed by atoms with Crippen LogP contribution in [0, 0.1) is 10.8 Å². The number of methoxy groups -OCH3 is 1. The number of nitrogens with zero attached hydrogens (tertiary/aromatic N) is 2. The monoisotopic (exact) mass is 315 g/mol. The lowest BCUT2D eigenvalue weighted by Gasteiger charge is -2.30. The molecule has 0 aromatic heterocycles. The molecule has 4 atom stereocenters. The fourth-order valence-electron chi connectivity index (χ4n) is 3.04. The molecule has 0 radical (unpaired) electrons. The van der Waals surface area contributed by atoms with Gasteiger partial charge in [-0.05, 0) is 36.3 Å². The highest BCUT2D eigenvalue weighted by Gasteiger charge is 2.38. The van der Waals surface area contributed by atoms with Gasteiger partial charge in [0.15, 0.2) is 6.29 Å². The van der Waals surface area contributed by atoms with Crippen molar-refractivity contribution in [3.63, 3.8) is 0 Å². The number of hydrogen-bond donors (Lipinski definition) is 1. The molecular formula is C14H26N3O3P. The van der Waals surface area contributed by atoms with Gasteiger partial charge < -0.3 is 14.4 Å². The topological polar surface area (TPSA) is 77.1 Å². The maximum absolute atomic E-state index is 10.2. The molecule has 21 heavy (non-hydrogen) atoms. The van der Waals surface area contributed by atoms with Crippen molar-refractivity contribution >= 4 is 8.22 Å². The van der Waals surface area contributed by atoms with Crippen LogP contribution < -0.4 is 5.50 Å². The van der Waals surface area contributed by atoms with Crippen LogP contribution in [0.2, 0.25) is 0 Å². The van der Waals surface area contributed by atoms with Gasteiger partial charge in [-0.25, -0.2) is 0 Å². The number of rotatable bonds is 11. The molecule has 2 N–H and O–H groups in total. The maximum atomic E-state index is 10.2. The summed E-state index contributed by atoms with van der Waals surface area (Å²) >= 11 is 0. The number of nitroso groups, excluding NO2 is 1. The molecule has 2 aliphatic rings. The van der Waals surface area contributed by atoms with Crippen molar-refractivity contribution in [2.75, 3.05) is 26.4 Å². The molecule has 2 bridgehead atoms. The Bertz CT molecular complexity index is 356. The Balaban J connectivity index is 1.53. The van der Waals surface area contributed by atoms with E-state index in [9.17, 15) is 4.91 Å². The molecule has 120 valence electrons. The first kappa shape index (κ1) is 16.8. The third-order valence-corrected chi connectivity index (χ3v) is 5.16. The summed E-state index contributed by atoms with van der Waals surface area (Å²) in [5.41, 5.74) is 5.51. The summed E-state index contributed by atoms with van der Waals surface area (Å²) in [6, 6.07) is 0.365. The SMILES string of the molecule is COC(OCCCCCCP(N)N=O)C1CC2C=CN1C2. The zero-order chi connectivity index (χ0) is 15.1. The van der Waals surface area contributed by atoms with Crippen LogP contribution in [0.1, 0.15) is 32.1 Å². The lowest BCUT2D eigenvalue weighted by atomic mass is 10.0. The lowest BCUT2D eigenvalue weighted by Crippen LogP contribution is -2.39. The Labute approximate surface area is 127 Å². The van der Waals surface area contributed by atoms with E-state index in [1.54, 1.807) is 7.11 Å². The van der Waals surface area contributed by atoms with Gasteiger partial charge in [0.2, 0.25) is 0 Å². The minimum atomic E-state index is -1.12. The van der Waals surface area contributed by atoms with Gasteiger partial charge in [0.05, 0.1) is 6.04 Å². The Morgan fingerprint density at radius 3 is 2.86 bits per heavy atom. The largest absolute Gasteiger partial charge is 0.369 e. The van der Waals surface area contributed by atoms with Crippen LogP contribution in [-0.4, -0.2) is 43.7 Å². The molecule has 1 saturated heterocycles. The Morgan fingerprint density at radius 2 is 2.24 bits per heavy atom. The molecule has 2 aliphatic heterocycles. The summed E-state index contributed by atoms with van der Waals surface area (Å²) in [6.45, 7) is 1.83. The van der Waals surface area contributed by atoms with Gasteiger partial charge in [-0.15, -0.1) is 4.91 Å². The van der Waals surface area contributed by atoms with Crippen molar-refractivity contribution in [1.29, 1.82) is 0 Å². The van der Waals surface area contributed by atoms with Crippen molar-refractivity contribution in [2.45, 2.75) is 44.4 Å². The van der Waals surface area contributed by atoms with Crippen LogP contribution in [0.15, 0.2) is 17.2 Å². The van der Waals surface area contributed by atoms with Crippen LogP contribution in [0.3, 0.4) is 0 Å². The van der Waals surface area contributed by atoms with E-state index in [-0.39, 0.29) is 6.29 Å². The Hall–Kier alpha value is -0.550. The first-order valence-electron chi connectivity index (χ1n) is 7.68. The molecule has 0 amide bonds. The molecule has 7 heteroatoms. The standard InChI is InChI=1S/C14H26N3O3P/c1-19-14(13-10-12-6-7-17(13)11-12)20-8-4-2-3-5-9-21(15)16-18/h6-7,12-14H,2-5,8-11,15H2,1H3. The lowest BCUT2D eigenvalue weighted by molar-refractivity contribution is -0.154. The zero-order valence-electron chi connectivity index (χ0n) is 12.7. The predicted octanol–water partition coefficient (Wildman–Crippen LogP) is 2.79. The van der Waals surface area contributed by atoms with Gasteiger partial charge in [-0.2, -0.15) is 0 Å². The number of ether oxygens (including phenoxy) is 2. The van der Waals surface area contributed by atoms with Gasteiger partial charge in [0.1, 0.15) is 8.22 Å². The summed E-state index contributed by atoms with van der Waals surface area (Å²) in [6.07, 6.45) is 10.3. The first-order valence-corrected chi connectivity index (χ1v) is 9.23. The number of unbranched alkanes of at least 4 members (excludes halogenated alkanes) is 3. The minimum absolute atomic E-state index is 0.129. The zero-order valence-corrected chi connectivity index (χ0v) is 13.6. The van der Waals surface area contributed by atoms with Crippen molar-refractivity contribution in [1.82, 2.24) is 4.90 Å². The normalized spacial score (nSPS) is 26.3. The van der Waals surface area contributed by atoms with Crippen LogP contribution in [0.25, 0.3) is 0 Å². The van der Waals surface area contributed by atoms with Crippen molar-refractivity contribution in [3.8, 4) is 0 Å². The molecule has 0 aliphatic carbocycles. The molecule has 0 saturated carbocycles. The maximum Gasteiger partial charge on any atom is 0.177 e. The van der Waals surface area contributed by atoms with E-state index in [0.29, 0.717) is 12.0 Å². The second-order valence-electron chi connectivity index (χ2n) is 5.74. The summed E-state index contributed by atoms with van der Waals surface area (Å²) in [5.74, 6) is 0.675. The van der Waals surface area contributed by atoms with Crippen molar-refractivity contribution in [3.05, 3.63) is 17.2 Å². The van der Waals surface area contributed by atoms with E-state index < -0.39 is 8.22 Å². The second kappa shape index (κ2) is 8.79. The Kier molecular flexibility index (Phi) is 7.04. The van der Waals surface area contributed by atoms with E-state index in [2.05, 4.69) is 22.1 Å². The number of nitrogens with two attached hydrogens (primary N) is 1. The van der Waals surface area contributed by atoms with Gasteiger partial charge in [-0.1, -0.05) is 18.9 Å². The number of fused-ring (bicyclic) bond motifs is 2. The van der Waals surface area contributed by atoms with Gasteiger partial charge in [0.25, 0.3) is 0 Å². The average molecular weight is 315 g/mol. The predicted molar refractivity (Wildman–Crippen MR) is 84.7 cm³/mol. The molecule has 0 spiro atoms. The summed E-state index contributed by atoms with van der Waals surface area (Å²) in [7, 11) is 0.601. The fraction of sp³-hybridized carbons (Fsp3) is 0.857. The van der Waals surface area contributed by atoms with Crippen LogP contribution in [0.4, 0.5) is 0 Å². The molecule has 0 aromatic rings. The van der Waals surface area contributed by atoms with Crippen molar-refractivity contribution in [2.24, 2.45) is 16.4 Å². The van der Waals surface area contributed by atoms with E-state index in [1.807, 2.05) is 0 Å². The molecule has 0 aromatic carbocycles. The highest BCUT2D eigenvalue weighted by atomic mass is 31.1. The van der Waals surface area contributed by atoms with Crippen LogP contribution in [-0.2, 0) is 9.47 Å². The highest BCUT2D eigenvalue weighted by molar-refractivity contribution is 7.53. The van der Waals surface area contributed by atoms with E-state index in [4.69, 9.17) is 15.0 Å². The first-order chi connectivity index (χ1) is 10.2. The highest BCUT2D eigenvalue weighted by Crippen LogP contribution is 2.33. The fourth-order valence-corrected chi connectivity index (χ4v) is 3.67. The molecular weight excluding hydrogens is 289 g/mol. The molecule has 2 rings (SSSR count). The second-order valence-corrected chi connectivity index (χ2v) is 7.22. The van der Waals surface area contributed by atoms with E-state index in [1.165, 1.54) is 0 Å². The van der Waals surface area contributed by atoms with Crippen LogP contribution >= 0.6 is 8.22 Å². The third-order valence-electron chi connectivity index (χ3n) is 4.18. The van der Waals surface area contributed by atoms with Gasteiger partial charge in [-0.3, -0.25) is 5.50 Å². The van der Waals surface area contributed by atoms with Gasteiger partial charge in [0, 0.05) is 26.4 Å². The smallest absolute Gasteiger partial charge is 0.177 e.